The van der Waals surface area contributed by atoms with Crippen molar-refractivity contribution in [1.82, 2.24) is 34.5 Å². The molecule has 0 radical (unpaired) electrons. The first-order chi connectivity index (χ1) is 70.2. The summed E-state index contributed by atoms with van der Waals surface area (Å²) in [5.74, 6) is 2.20. The molecule has 3 aliphatic rings. The second-order valence-corrected chi connectivity index (χ2v) is 52.2. The molecule has 20 aromatic carbocycles. The van der Waals surface area contributed by atoms with Crippen LogP contribution in [-0.4, -0.2) is 58.7 Å². The van der Waals surface area contributed by atoms with Crippen molar-refractivity contribution in [3.63, 3.8) is 0 Å². The van der Waals surface area contributed by atoms with Crippen molar-refractivity contribution in [2.75, 3.05) is 0 Å². The Kier molecular flexibility index (Phi) is 20.8. The zero-order valence-corrected chi connectivity index (χ0v) is 83.0. The van der Waals surface area contributed by atoms with E-state index in [9.17, 15) is 0 Å². The van der Waals surface area contributed by atoms with Gasteiger partial charge in [0.15, 0.2) is 17.5 Å². The molecule has 11 heteroatoms. The lowest BCUT2D eigenvalue weighted by atomic mass is 9.92. The number of hydrogen-bond donors (Lipinski definition) is 0. The Labute approximate surface area is 833 Å². The van der Waals surface area contributed by atoms with Crippen LogP contribution in [0, 0.1) is 0 Å². The van der Waals surface area contributed by atoms with Crippen molar-refractivity contribution in [1.29, 1.82) is 0 Å². The molecule has 8 heterocycles. The molecule has 0 fully saturated rings. The Morgan fingerprint density at radius 3 is 1.01 bits per heavy atom. The van der Waals surface area contributed by atoms with Crippen molar-refractivity contribution < 1.29 is 4.42 Å². The van der Waals surface area contributed by atoms with Crippen LogP contribution in [0.4, 0.5) is 0 Å². The minimum Gasteiger partial charge on any atom is -0.455 e. The van der Waals surface area contributed by atoms with E-state index in [0.29, 0.717) is 5.82 Å². The summed E-state index contributed by atoms with van der Waals surface area (Å²) in [7, 11) is -6.09. The highest BCUT2D eigenvalue weighted by molar-refractivity contribution is 7.06. The minimum absolute atomic E-state index is 0.705. The average Bonchev–Trinajstić information content (AvgIpc) is 1.57. The van der Waals surface area contributed by atoms with Crippen molar-refractivity contribution in [2.24, 2.45) is 0 Å². The molecule has 3 aliphatic heterocycles. The molecule has 143 heavy (non-hydrogen) atoms. The van der Waals surface area contributed by atoms with Gasteiger partial charge in [0.2, 0.25) is 0 Å². The third-order valence-corrected chi connectivity index (χ3v) is 40.6. The smallest absolute Gasteiger partial charge is 0.160 e. The first-order valence-electron chi connectivity index (χ1n) is 49.3. The van der Waals surface area contributed by atoms with Crippen LogP contribution in [0.15, 0.2) is 472 Å². The van der Waals surface area contributed by atoms with Gasteiger partial charge < -0.3 is 8.98 Å². The Balaban J connectivity index is 0.000000110. The van der Waals surface area contributed by atoms with Gasteiger partial charge in [0.25, 0.3) is 0 Å². The number of furan rings is 1. The van der Waals surface area contributed by atoms with Crippen molar-refractivity contribution in [3.05, 3.63) is 467 Å². The summed E-state index contributed by atoms with van der Waals surface area (Å²) in [4.78, 5) is 32.3. The second-order valence-electron chi connectivity index (χ2n) is 39.4. The molecule has 0 atom stereocenters. The highest BCUT2D eigenvalue weighted by Gasteiger charge is 2.44. The predicted octanol–water partition coefficient (Wildman–Crippen LogP) is 30.6. The van der Waals surface area contributed by atoms with Crippen LogP contribution < -0.4 is 31.1 Å². The van der Waals surface area contributed by atoms with Gasteiger partial charge in [-0.05, 0) is 211 Å². The molecule has 0 amide bonds. The van der Waals surface area contributed by atoms with E-state index in [1.807, 2.05) is 12.1 Å². The van der Waals surface area contributed by atoms with Crippen LogP contribution in [0.2, 0.25) is 39.3 Å². The lowest BCUT2D eigenvalue weighted by Crippen LogP contribution is -2.49. The largest absolute Gasteiger partial charge is 0.455 e. The molecule has 0 aliphatic carbocycles. The maximum Gasteiger partial charge on any atom is 0.160 e. The maximum atomic E-state index is 6.64. The number of aromatic nitrogens is 7. The Morgan fingerprint density at radius 2 is 0.517 bits per heavy atom. The average molecular weight is 1880 g/mol. The van der Waals surface area contributed by atoms with Crippen LogP contribution in [0.5, 0.6) is 0 Å². The molecule has 0 bridgehead atoms. The molecule has 0 N–H and O–H groups in total. The summed E-state index contributed by atoms with van der Waals surface area (Å²) in [6.45, 7) is 14.8. The first kappa shape index (κ1) is 86.0. The quantitative estimate of drug-likeness (QED) is 0.112. The SMILES string of the molecule is C[Si]1(C)c2ccccc2-c2ccc3nc(-c4ccc5c(c4)c4ccccc4n5-c4ccccc4)nc(-c4ccccc4)c3c21.C[Si]1(C)c2ccccc2-c2ccc3nc(-c4cccc(-c5cccc(-c6ccccc6)c5)c4)nc(-c4cccc5c4oc4ccccc45)c3c21.C[Si]1(C)c2ccccc2-c2ccc3nc(-c4cccc(-c5cccc(-c6ccccc6-c6ccccc6)c5)c4)nc(-c4ccccc4)c3c21. The number of rotatable bonds is 12. The van der Waals surface area contributed by atoms with Gasteiger partial charge in [0.1, 0.15) is 35.4 Å². The second kappa shape index (κ2) is 34.6. The maximum absolute atomic E-state index is 6.64. The monoisotopic (exact) mass is 1880 g/mol. The van der Waals surface area contributed by atoms with Crippen LogP contribution in [0.3, 0.4) is 0 Å². The predicted molar refractivity (Wildman–Crippen MR) is 607 cm³/mol. The van der Waals surface area contributed by atoms with E-state index in [1.165, 1.54) is 130 Å². The molecule has 8 nitrogen and oxygen atoms in total. The minimum atomic E-state index is -2.10. The standard InChI is InChI=1S/C46H32N2OSi.C46H34N2Si.C40H29N3Si/c1-50(2)41-24-9-7-20-35(41)37-25-26-39-42(45(37)50)43(38-22-12-21-36-34-19-6-8-23-40(34)49-44(36)38)48-46(47-39)33-18-11-17-32(28-33)31-16-10-15-30(27-31)29-13-4-3-5-14-29;1-49(2)42-26-12-11-25-39(42)40-27-28-41-43(45(40)49)44(32-17-7-4-8-18-32)48-46(47-41)36-22-14-20-34(30-36)33-19-13-21-35(29-33)38-24-10-9-23-37(38)31-15-5-3-6-16-31;1-44(2)36-20-12-10-18-30(36)31-22-23-33-37(39(31)44)38(26-13-5-3-6-14-26)42-40(41-33)27-21-24-35-32(25-27)29-17-9-11-19-34(29)43(35)28-15-7-4-8-16-28/h3-28H,1-2H3;3-30H,1-2H3;3-25H,1-2H3. The molecule has 28 rings (SSSR count). The fourth-order valence-electron chi connectivity index (χ4n) is 23.2. The summed E-state index contributed by atoms with van der Waals surface area (Å²) in [6.07, 6.45) is 0. The van der Waals surface area contributed by atoms with Gasteiger partial charge in [-0.3, -0.25) is 0 Å². The van der Waals surface area contributed by atoms with Crippen molar-refractivity contribution in [3.8, 4) is 163 Å². The highest BCUT2D eigenvalue weighted by atomic mass is 28.3. The zero-order valence-electron chi connectivity index (χ0n) is 80.0. The number of benzene rings is 20. The number of nitrogens with zero attached hydrogens (tertiary/aromatic N) is 7. The van der Waals surface area contributed by atoms with Gasteiger partial charge in [0, 0.05) is 76.8 Å². The van der Waals surface area contributed by atoms with Gasteiger partial charge >= 0.3 is 0 Å². The first-order valence-corrected chi connectivity index (χ1v) is 58.3. The van der Waals surface area contributed by atoms with Crippen molar-refractivity contribution >= 4 is 132 Å². The van der Waals surface area contributed by atoms with E-state index in [1.54, 1.807) is 0 Å². The van der Waals surface area contributed by atoms with Gasteiger partial charge in [-0.25, -0.2) is 29.9 Å². The molecule has 0 saturated heterocycles. The summed E-state index contributed by atoms with van der Waals surface area (Å²) >= 11 is 0. The normalized spacial score (nSPS) is 13.1. The van der Waals surface area contributed by atoms with E-state index in [-0.39, 0.29) is 0 Å². The Morgan fingerprint density at radius 1 is 0.196 bits per heavy atom. The molecule has 0 spiro atoms. The third-order valence-electron chi connectivity index (χ3n) is 29.9. The van der Waals surface area contributed by atoms with Gasteiger partial charge in [-0.2, -0.15) is 0 Å². The van der Waals surface area contributed by atoms with Gasteiger partial charge in [0.05, 0.1) is 44.7 Å². The molecular formula is C132H95N7OSi3. The molecule has 5 aromatic heterocycles. The summed E-state index contributed by atoms with van der Waals surface area (Å²) < 4.78 is 8.99. The van der Waals surface area contributed by atoms with E-state index >= 15 is 0 Å². The lowest BCUT2D eigenvalue weighted by molar-refractivity contribution is 0.670. The van der Waals surface area contributed by atoms with E-state index < -0.39 is 24.2 Å². The number of para-hydroxylation sites is 4. The zero-order chi connectivity index (χ0) is 95.8. The summed E-state index contributed by atoms with van der Waals surface area (Å²) in [5, 5.41) is 16.9. The van der Waals surface area contributed by atoms with Crippen LogP contribution >= 0.6 is 0 Å². The molecule has 25 aromatic rings. The van der Waals surface area contributed by atoms with E-state index in [0.717, 1.165) is 134 Å². The summed E-state index contributed by atoms with van der Waals surface area (Å²) in [5.41, 5.74) is 37.3. The highest BCUT2D eigenvalue weighted by Crippen LogP contribution is 2.47. The fraction of sp³-hybridized carbons (Fsp3) is 0.0455. The Bertz CT molecular complexity index is 9450. The third kappa shape index (κ3) is 14.6. The van der Waals surface area contributed by atoms with E-state index in [4.69, 9.17) is 34.3 Å². The molecule has 0 saturated carbocycles. The topological polar surface area (TPSA) is 95.4 Å². The molecule has 0 unspecified atom stereocenters. The number of fused-ring (bicyclic) bond motifs is 21. The van der Waals surface area contributed by atoms with Crippen molar-refractivity contribution in [2.45, 2.75) is 39.3 Å². The number of hydrogen-bond acceptors (Lipinski definition) is 7. The lowest BCUT2D eigenvalue weighted by Gasteiger charge is -2.22. The Hall–Kier alpha value is -17.3. The van der Waals surface area contributed by atoms with Crippen LogP contribution in [0.25, 0.3) is 239 Å². The summed E-state index contributed by atoms with van der Waals surface area (Å²) in [6, 6.07) is 167. The van der Waals surface area contributed by atoms with Gasteiger partial charge in [-0.1, -0.05) is 415 Å². The molecule has 676 valence electrons. The van der Waals surface area contributed by atoms with Crippen LogP contribution in [-0.2, 0) is 0 Å². The fourth-order valence-corrected chi connectivity index (χ4v) is 33.5. The molecular weight excluding hydrogens is 1780 g/mol. The van der Waals surface area contributed by atoms with Crippen LogP contribution in [0.1, 0.15) is 0 Å². The van der Waals surface area contributed by atoms with E-state index in [2.05, 4.69) is 499 Å². The van der Waals surface area contributed by atoms with Gasteiger partial charge in [-0.15, -0.1) is 0 Å².